The molecule has 1 N–H and O–H groups in total. The Hall–Kier alpha value is -1.51. The molecule has 0 aliphatic heterocycles. The molecule has 0 aromatic heterocycles. The van der Waals surface area contributed by atoms with E-state index in [4.69, 9.17) is 5.11 Å². The number of unbranched alkanes of at least 4 members (excludes halogenated alkanes) is 2. The third-order valence-corrected chi connectivity index (χ3v) is 2.82. The van der Waals surface area contributed by atoms with Gasteiger partial charge in [-0.25, -0.2) is 0 Å². The zero-order chi connectivity index (χ0) is 12.5. The van der Waals surface area contributed by atoms with Gasteiger partial charge in [0, 0.05) is 25.2 Å². The Morgan fingerprint density at radius 3 is 2.47 bits per heavy atom. The molecule has 1 aromatic rings. The molecule has 94 valence electrons. The van der Waals surface area contributed by atoms with Crippen LogP contribution in [0.4, 0.5) is 5.69 Å². The van der Waals surface area contributed by atoms with Crippen molar-refractivity contribution >= 4 is 11.7 Å². The maximum absolute atomic E-state index is 10.4. The first-order valence-corrected chi connectivity index (χ1v) is 6.26. The Morgan fingerprint density at radius 2 is 1.88 bits per heavy atom. The van der Waals surface area contributed by atoms with Gasteiger partial charge < -0.3 is 10.0 Å². The molecule has 0 aliphatic carbocycles. The van der Waals surface area contributed by atoms with E-state index in [1.807, 2.05) is 18.2 Å². The summed E-state index contributed by atoms with van der Waals surface area (Å²) in [7, 11) is 0. The lowest BCUT2D eigenvalue weighted by Crippen LogP contribution is -2.23. The van der Waals surface area contributed by atoms with E-state index in [0.29, 0.717) is 0 Å². The number of carbonyl (C=O) groups is 1. The molecule has 0 unspecified atom stereocenters. The molecular weight excluding hydrogens is 214 g/mol. The fraction of sp³-hybridized carbons (Fsp3) is 0.500. The molecule has 0 aliphatic rings. The molecule has 3 heteroatoms. The second-order valence-corrected chi connectivity index (χ2v) is 4.12. The molecule has 3 nitrogen and oxygen atoms in total. The monoisotopic (exact) mass is 235 g/mol. The Labute approximate surface area is 103 Å². The third-order valence-electron chi connectivity index (χ3n) is 2.82. The molecule has 0 atom stereocenters. The first-order chi connectivity index (χ1) is 8.24. The molecule has 0 heterocycles. The van der Waals surface area contributed by atoms with Gasteiger partial charge in [-0.3, -0.25) is 4.79 Å². The van der Waals surface area contributed by atoms with Crippen molar-refractivity contribution in [3.63, 3.8) is 0 Å². The number of benzene rings is 1. The largest absolute Gasteiger partial charge is 0.481 e. The van der Waals surface area contributed by atoms with Crippen LogP contribution in [0.2, 0.25) is 0 Å². The number of nitrogens with zero attached hydrogens (tertiary/aromatic N) is 1. The molecule has 17 heavy (non-hydrogen) atoms. The summed E-state index contributed by atoms with van der Waals surface area (Å²) in [4.78, 5) is 12.7. The Bertz CT molecular complexity index is 324. The van der Waals surface area contributed by atoms with Gasteiger partial charge in [0.2, 0.25) is 0 Å². The summed E-state index contributed by atoms with van der Waals surface area (Å²) in [5.74, 6) is -0.694. The molecule has 1 aromatic carbocycles. The minimum Gasteiger partial charge on any atom is -0.481 e. The van der Waals surface area contributed by atoms with E-state index in [1.165, 1.54) is 5.69 Å². The molecular formula is C14H21NO2. The highest BCUT2D eigenvalue weighted by atomic mass is 16.4. The quantitative estimate of drug-likeness (QED) is 0.704. The molecule has 0 bridgehead atoms. The summed E-state index contributed by atoms with van der Waals surface area (Å²) >= 11 is 0. The van der Waals surface area contributed by atoms with E-state index < -0.39 is 5.97 Å². The summed E-state index contributed by atoms with van der Waals surface area (Å²) in [6.45, 7) is 4.13. The minimum atomic E-state index is -0.694. The van der Waals surface area contributed by atoms with Crippen LogP contribution in [0, 0.1) is 0 Å². The van der Waals surface area contributed by atoms with Crippen LogP contribution >= 0.6 is 0 Å². The number of carboxylic acids is 1. The van der Waals surface area contributed by atoms with Crippen molar-refractivity contribution in [2.24, 2.45) is 0 Å². The summed E-state index contributed by atoms with van der Waals surface area (Å²) < 4.78 is 0. The summed E-state index contributed by atoms with van der Waals surface area (Å²) in [6, 6.07) is 10.3. The van der Waals surface area contributed by atoms with Crippen LogP contribution in [-0.2, 0) is 4.79 Å². The molecule has 0 fully saturated rings. The second-order valence-electron chi connectivity index (χ2n) is 4.12. The van der Waals surface area contributed by atoms with E-state index in [-0.39, 0.29) is 6.42 Å². The summed E-state index contributed by atoms with van der Waals surface area (Å²) in [5.41, 5.74) is 1.24. The van der Waals surface area contributed by atoms with E-state index >= 15 is 0 Å². The van der Waals surface area contributed by atoms with Crippen molar-refractivity contribution in [1.82, 2.24) is 0 Å². The molecule has 0 spiro atoms. The smallest absolute Gasteiger partial charge is 0.303 e. The van der Waals surface area contributed by atoms with Crippen molar-refractivity contribution in [2.75, 3.05) is 18.0 Å². The third kappa shape index (κ3) is 5.38. The predicted molar refractivity (Wildman–Crippen MR) is 70.4 cm³/mol. The average molecular weight is 235 g/mol. The van der Waals surface area contributed by atoms with Gasteiger partial charge in [0.1, 0.15) is 0 Å². The average Bonchev–Trinajstić information content (AvgIpc) is 2.34. The van der Waals surface area contributed by atoms with E-state index in [1.54, 1.807) is 0 Å². The van der Waals surface area contributed by atoms with Crippen LogP contribution in [0.1, 0.15) is 32.6 Å². The second kappa shape index (κ2) is 7.71. The van der Waals surface area contributed by atoms with Gasteiger partial charge in [-0.1, -0.05) is 24.6 Å². The lowest BCUT2D eigenvalue weighted by atomic mass is 10.2. The van der Waals surface area contributed by atoms with Crippen LogP contribution in [0.15, 0.2) is 30.3 Å². The van der Waals surface area contributed by atoms with Crippen molar-refractivity contribution < 1.29 is 9.90 Å². The molecule has 0 amide bonds. The minimum absolute atomic E-state index is 0.289. The summed E-state index contributed by atoms with van der Waals surface area (Å²) in [5, 5.41) is 8.54. The van der Waals surface area contributed by atoms with Crippen molar-refractivity contribution in [1.29, 1.82) is 0 Å². The number of hydrogen-bond donors (Lipinski definition) is 1. The molecule has 0 saturated carbocycles. The lowest BCUT2D eigenvalue weighted by molar-refractivity contribution is -0.137. The highest BCUT2D eigenvalue weighted by Gasteiger charge is 2.03. The zero-order valence-corrected chi connectivity index (χ0v) is 10.4. The van der Waals surface area contributed by atoms with Crippen LogP contribution in [0.5, 0.6) is 0 Å². The Kier molecular flexibility index (Phi) is 6.15. The Morgan fingerprint density at radius 1 is 1.18 bits per heavy atom. The number of carboxylic acid groups (broad SMARTS) is 1. The Balaban J connectivity index is 2.26. The number of aliphatic carboxylic acids is 1. The highest BCUT2D eigenvalue weighted by Crippen LogP contribution is 2.14. The first kappa shape index (κ1) is 13.6. The lowest BCUT2D eigenvalue weighted by Gasteiger charge is -2.22. The van der Waals surface area contributed by atoms with E-state index in [2.05, 4.69) is 24.0 Å². The van der Waals surface area contributed by atoms with Gasteiger partial charge in [0.15, 0.2) is 0 Å². The fourth-order valence-electron chi connectivity index (χ4n) is 1.86. The van der Waals surface area contributed by atoms with Crippen molar-refractivity contribution in [2.45, 2.75) is 32.6 Å². The fourth-order valence-corrected chi connectivity index (χ4v) is 1.86. The zero-order valence-electron chi connectivity index (χ0n) is 10.4. The van der Waals surface area contributed by atoms with Crippen molar-refractivity contribution in [3.05, 3.63) is 30.3 Å². The van der Waals surface area contributed by atoms with Crippen LogP contribution in [0.25, 0.3) is 0 Å². The number of hydrogen-bond acceptors (Lipinski definition) is 2. The molecule has 0 radical (unpaired) electrons. The molecule has 0 saturated heterocycles. The normalized spacial score (nSPS) is 10.2. The van der Waals surface area contributed by atoms with Gasteiger partial charge >= 0.3 is 5.97 Å². The number of anilines is 1. The van der Waals surface area contributed by atoms with Gasteiger partial charge in [0.25, 0.3) is 0 Å². The van der Waals surface area contributed by atoms with Crippen LogP contribution < -0.4 is 4.90 Å². The number of para-hydroxylation sites is 1. The van der Waals surface area contributed by atoms with Crippen LogP contribution in [-0.4, -0.2) is 24.2 Å². The van der Waals surface area contributed by atoms with E-state index in [0.717, 1.165) is 32.4 Å². The topological polar surface area (TPSA) is 40.5 Å². The molecule has 1 rings (SSSR count). The van der Waals surface area contributed by atoms with Gasteiger partial charge in [-0.05, 0) is 31.9 Å². The predicted octanol–water partition coefficient (Wildman–Crippen LogP) is 3.16. The van der Waals surface area contributed by atoms with Gasteiger partial charge in [-0.15, -0.1) is 0 Å². The maximum Gasteiger partial charge on any atom is 0.303 e. The highest BCUT2D eigenvalue weighted by molar-refractivity contribution is 5.66. The SMILES string of the molecule is CCN(CCCCCC(=O)O)c1ccccc1. The summed E-state index contributed by atoms with van der Waals surface area (Å²) in [6.07, 6.45) is 3.10. The van der Waals surface area contributed by atoms with Crippen molar-refractivity contribution in [3.8, 4) is 0 Å². The van der Waals surface area contributed by atoms with Crippen LogP contribution in [0.3, 0.4) is 0 Å². The standard InChI is InChI=1S/C14H21NO2/c1-2-15(13-9-5-3-6-10-13)12-8-4-7-11-14(16)17/h3,5-6,9-10H,2,4,7-8,11-12H2,1H3,(H,16,17). The first-order valence-electron chi connectivity index (χ1n) is 6.26. The van der Waals surface area contributed by atoms with Gasteiger partial charge in [-0.2, -0.15) is 0 Å². The number of rotatable bonds is 8. The van der Waals surface area contributed by atoms with E-state index in [9.17, 15) is 4.79 Å². The maximum atomic E-state index is 10.4. The van der Waals surface area contributed by atoms with Gasteiger partial charge in [0.05, 0.1) is 0 Å².